The van der Waals surface area contributed by atoms with Crippen molar-refractivity contribution in [3.8, 4) is 0 Å². The highest BCUT2D eigenvalue weighted by Crippen LogP contribution is 2.25. The molecule has 0 aliphatic rings. The number of benzene rings is 1. The number of aliphatic carboxylic acids is 1. The number of carboxylic acids is 1. The van der Waals surface area contributed by atoms with E-state index in [2.05, 4.69) is 20.3 Å². The van der Waals surface area contributed by atoms with E-state index in [9.17, 15) is 14.7 Å². The van der Waals surface area contributed by atoms with E-state index in [1.165, 1.54) is 0 Å². The number of rotatable bonds is 6. The first-order valence-electron chi connectivity index (χ1n) is 9.27. The largest absolute Gasteiger partial charge is 0.478 e. The van der Waals surface area contributed by atoms with Crippen LogP contribution in [0.15, 0.2) is 73.2 Å². The maximum atomic E-state index is 12.2. The lowest BCUT2D eigenvalue weighted by Gasteiger charge is -2.05. The van der Waals surface area contributed by atoms with Crippen molar-refractivity contribution in [2.75, 3.05) is 5.32 Å². The SMILES string of the molecule is O=C(Cc1cccnc1)Nc1ccc2c(/C=C(\C(=O)O)c3ccccc3)c[nH]c2n1. The molecule has 4 aromatic rings. The number of carbonyl (C=O) groups excluding carboxylic acids is 1. The van der Waals surface area contributed by atoms with Gasteiger partial charge in [-0.05, 0) is 35.4 Å². The van der Waals surface area contributed by atoms with E-state index >= 15 is 0 Å². The number of anilines is 1. The molecule has 0 spiro atoms. The molecule has 7 heteroatoms. The van der Waals surface area contributed by atoms with Crippen molar-refractivity contribution >= 4 is 40.4 Å². The number of nitrogens with one attached hydrogen (secondary N) is 2. The first-order valence-corrected chi connectivity index (χ1v) is 9.27. The Morgan fingerprint density at radius 2 is 1.90 bits per heavy atom. The van der Waals surface area contributed by atoms with E-state index in [1.54, 1.807) is 67.1 Å². The Bertz CT molecular complexity index is 1230. The molecular formula is C23H18N4O3. The zero-order valence-electron chi connectivity index (χ0n) is 15.9. The first-order chi connectivity index (χ1) is 14.6. The fourth-order valence-corrected chi connectivity index (χ4v) is 3.13. The second-order valence-electron chi connectivity index (χ2n) is 6.65. The summed E-state index contributed by atoms with van der Waals surface area (Å²) in [6.45, 7) is 0. The Hall–Kier alpha value is -4.26. The predicted molar refractivity (Wildman–Crippen MR) is 115 cm³/mol. The Morgan fingerprint density at radius 3 is 2.63 bits per heavy atom. The summed E-state index contributed by atoms with van der Waals surface area (Å²) < 4.78 is 0. The van der Waals surface area contributed by atoms with Gasteiger partial charge in [0.25, 0.3) is 0 Å². The molecule has 0 atom stereocenters. The number of H-pyrrole nitrogens is 1. The van der Waals surface area contributed by atoms with Crippen LogP contribution >= 0.6 is 0 Å². The minimum absolute atomic E-state index is 0.186. The molecule has 3 N–H and O–H groups in total. The monoisotopic (exact) mass is 398 g/mol. The molecular weight excluding hydrogens is 380 g/mol. The summed E-state index contributed by atoms with van der Waals surface area (Å²) >= 11 is 0. The molecule has 0 aliphatic carbocycles. The van der Waals surface area contributed by atoms with Crippen LogP contribution < -0.4 is 5.32 Å². The van der Waals surface area contributed by atoms with Gasteiger partial charge in [-0.15, -0.1) is 0 Å². The van der Waals surface area contributed by atoms with Crippen LogP contribution in [0.25, 0.3) is 22.7 Å². The molecule has 7 nitrogen and oxygen atoms in total. The number of aromatic nitrogens is 3. The van der Waals surface area contributed by atoms with Gasteiger partial charge in [0.05, 0.1) is 12.0 Å². The fraction of sp³-hybridized carbons (Fsp3) is 0.0435. The summed E-state index contributed by atoms with van der Waals surface area (Å²) in [5.74, 6) is -0.795. The van der Waals surface area contributed by atoms with E-state index < -0.39 is 5.97 Å². The van der Waals surface area contributed by atoms with Crippen molar-refractivity contribution < 1.29 is 14.7 Å². The van der Waals surface area contributed by atoms with Gasteiger partial charge in [-0.3, -0.25) is 9.78 Å². The van der Waals surface area contributed by atoms with Gasteiger partial charge in [0.1, 0.15) is 11.5 Å². The van der Waals surface area contributed by atoms with Crippen molar-refractivity contribution in [1.82, 2.24) is 15.0 Å². The maximum Gasteiger partial charge on any atom is 0.336 e. The van der Waals surface area contributed by atoms with E-state index in [0.717, 1.165) is 10.9 Å². The van der Waals surface area contributed by atoms with Crippen LogP contribution in [0.5, 0.6) is 0 Å². The van der Waals surface area contributed by atoms with Crippen LogP contribution in [0.4, 0.5) is 5.82 Å². The smallest absolute Gasteiger partial charge is 0.336 e. The molecule has 1 amide bonds. The number of pyridine rings is 2. The van der Waals surface area contributed by atoms with Gasteiger partial charge in [0, 0.05) is 29.5 Å². The van der Waals surface area contributed by atoms with Gasteiger partial charge in [-0.1, -0.05) is 36.4 Å². The third kappa shape index (κ3) is 4.25. The van der Waals surface area contributed by atoms with Gasteiger partial charge in [-0.2, -0.15) is 0 Å². The number of hydrogen-bond acceptors (Lipinski definition) is 4. The molecule has 4 rings (SSSR count). The summed E-state index contributed by atoms with van der Waals surface area (Å²) in [6, 6.07) is 16.0. The van der Waals surface area contributed by atoms with Crippen molar-refractivity contribution in [3.63, 3.8) is 0 Å². The standard InChI is InChI=1S/C23H18N4O3/c28-21(11-15-5-4-10-24-13-15)26-20-9-8-18-17(14-25-22(18)27-20)12-19(23(29)30)16-6-2-1-3-7-16/h1-10,12-14H,11H2,(H,29,30)(H2,25,26,27,28)/b19-12-. The van der Waals surface area contributed by atoms with Crippen LogP contribution in [-0.4, -0.2) is 31.9 Å². The predicted octanol–water partition coefficient (Wildman–Crippen LogP) is 3.76. The molecule has 3 heterocycles. The summed E-state index contributed by atoms with van der Waals surface area (Å²) in [6.07, 6.45) is 6.81. The topological polar surface area (TPSA) is 108 Å². The molecule has 148 valence electrons. The molecule has 0 bridgehead atoms. The highest BCUT2D eigenvalue weighted by molar-refractivity contribution is 6.21. The highest BCUT2D eigenvalue weighted by atomic mass is 16.4. The zero-order chi connectivity index (χ0) is 20.9. The number of fused-ring (bicyclic) bond motifs is 1. The lowest BCUT2D eigenvalue weighted by Crippen LogP contribution is -2.15. The quantitative estimate of drug-likeness (QED) is 0.429. The molecule has 1 aromatic carbocycles. The molecule has 0 radical (unpaired) electrons. The van der Waals surface area contributed by atoms with Gasteiger partial charge < -0.3 is 15.4 Å². The summed E-state index contributed by atoms with van der Waals surface area (Å²) in [5.41, 5.74) is 2.87. The molecule has 3 aromatic heterocycles. The number of amides is 1. The summed E-state index contributed by atoms with van der Waals surface area (Å²) in [4.78, 5) is 35.4. The van der Waals surface area contributed by atoms with Crippen LogP contribution in [0.3, 0.4) is 0 Å². The maximum absolute atomic E-state index is 12.2. The van der Waals surface area contributed by atoms with Crippen molar-refractivity contribution in [2.45, 2.75) is 6.42 Å². The van der Waals surface area contributed by atoms with Crippen LogP contribution in [0.1, 0.15) is 16.7 Å². The van der Waals surface area contributed by atoms with Gasteiger partial charge >= 0.3 is 5.97 Å². The summed E-state index contributed by atoms with van der Waals surface area (Å²) in [5, 5.41) is 13.1. The second-order valence-corrected chi connectivity index (χ2v) is 6.65. The number of hydrogen-bond donors (Lipinski definition) is 3. The van der Waals surface area contributed by atoms with Crippen LogP contribution in [0, 0.1) is 0 Å². The Kier molecular flexibility index (Phi) is 5.34. The van der Waals surface area contributed by atoms with E-state index in [-0.39, 0.29) is 17.9 Å². The Labute approximate surface area is 172 Å². The Balaban J connectivity index is 1.58. The van der Waals surface area contributed by atoms with Crippen LogP contribution in [-0.2, 0) is 16.0 Å². The number of nitrogens with zero attached hydrogens (tertiary/aromatic N) is 2. The van der Waals surface area contributed by atoms with Crippen molar-refractivity contribution in [2.24, 2.45) is 0 Å². The van der Waals surface area contributed by atoms with Gasteiger partial charge in [0.2, 0.25) is 5.91 Å². The number of aromatic amines is 1. The summed E-state index contributed by atoms with van der Waals surface area (Å²) in [7, 11) is 0. The lowest BCUT2D eigenvalue weighted by molar-refractivity contribution is -0.130. The van der Waals surface area contributed by atoms with E-state index in [1.807, 2.05) is 12.1 Å². The average Bonchev–Trinajstić information content (AvgIpc) is 3.15. The fourth-order valence-electron chi connectivity index (χ4n) is 3.13. The molecule has 0 saturated carbocycles. The highest BCUT2D eigenvalue weighted by Gasteiger charge is 2.13. The molecule has 30 heavy (non-hydrogen) atoms. The lowest BCUT2D eigenvalue weighted by atomic mass is 10.0. The third-order valence-corrected chi connectivity index (χ3v) is 4.54. The average molecular weight is 398 g/mol. The molecule has 0 unspecified atom stereocenters. The van der Waals surface area contributed by atoms with E-state index in [0.29, 0.717) is 22.6 Å². The number of carboxylic acid groups (broad SMARTS) is 1. The third-order valence-electron chi connectivity index (χ3n) is 4.54. The zero-order valence-corrected chi connectivity index (χ0v) is 15.9. The minimum Gasteiger partial charge on any atom is -0.478 e. The van der Waals surface area contributed by atoms with Gasteiger partial charge in [0.15, 0.2) is 0 Å². The Morgan fingerprint density at radius 1 is 1.07 bits per heavy atom. The van der Waals surface area contributed by atoms with Crippen molar-refractivity contribution in [3.05, 3.63) is 89.9 Å². The number of carbonyl (C=O) groups is 2. The van der Waals surface area contributed by atoms with E-state index in [4.69, 9.17) is 0 Å². The van der Waals surface area contributed by atoms with Crippen LogP contribution in [0.2, 0.25) is 0 Å². The minimum atomic E-state index is -1.01. The van der Waals surface area contributed by atoms with Crippen molar-refractivity contribution in [1.29, 1.82) is 0 Å². The normalized spacial score (nSPS) is 11.4. The molecule has 0 aliphatic heterocycles. The second kappa shape index (κ2) is 8.40. The van der Waals surface area contributed by atoms with Gasteiger partial charge in [-0.25, -0.2) is 9.78 Å². The molecule has 0 fully saturated rings. The first kappa shape index (κ1) is 19.1. The molecule has 0 saturated heterocycles.